The average molecular weight is 226 g/mol. The Labute approximate surface area is 99.2 Å². The molecule has 3 nitrogen and oxygen atoms in total. The quantitative estimate of drug-likeness (QED) is 0.641. The molecule has 1 saturated heterocycles. The third kappa shape index (κ3) is 4.04. The van der Waals surface area contributed by atoms with Gasteiger partial charge in [0.1, 0.15) is 0 Å². The summed E-state index contributed by atoms with van der Waals surface area (Å²) in [7, 11) is 0. The molecule has 0 amide bonds. The predicted molar refractivity (Wildman–Crippen MR) is 66.5 cm³/mol. The number of nitrogens with zero attached hydrogens (tertiary/aromatic N) is 1. The van der Waals surface area contributed by atoms with Gasteiger partial charge in [-0.1, -0.05) is 0 Å². The van der Waals surface area contributed by atoms with Gasteiger partial charge in [0.25, 0.3) is 0 Å². The van der Waals surface area contributed by atoms with Gasteiger partial charge >= 0.3 is 0 Å². The highest BCUT2D eigenvalue weighted by Gasteiger charge is 2.30. The lowest BCUT2D eigenvalue weighted by Gasteiger charge is -2.30. The van der Waals surface area contributed by atoms with Crippen LogP contribution in [0.1, 0.15) is 38.5 Å². The molecule has 1 aliphatic carbocycles. The van der Waals surface area contributed by atoms with Crippen LogP contribution in [0.15, 0.2) is 0 Å². The van der Waals surface area contributed by atoms with Crippen molar-refractivity contribution in [3.05, 3.63) is 0 Å². The molecule has 0 aromatic carbocycles. The Hall–Kier alpha value is -0.120. The van der Waals surface area contributed by atoms with Gasteiger partial charge in [0.05, 0.1) is 0 Å². The minimum absolute atomic E-state index is 0.351. The number of hydrogen-bond acceptors (Lipinski definition) is 3. The van der Waals surface area contributed by atoms with E-state index in [1.807, 2.05) is 0 Å². The summed E-state index contributed by atoms with van der Waals surface area (Å²) in [6, 6.07) is 0.876. The minimum Gasteiger partial charge on any atom is -0.396 e. The molecule has 94 valence electrons. The Morgan fingerprint density at radius 2 is 2.06 bits per heavy atom. The van der Waals surface area contributed by atoms with E-state index < -0.39 is 0 Å². The molecule has 1 aliphatic heterocycles. The van der Waals surface area contributed by atoms with Crippen LogP contribution in [-0.4, -0.2) is 48.8 Å². The van der Waals surface area contributed by atoms with E-state index in [9.17, 15) is 0 Å². The van der Waals surface area contributed by atoms with E-state index in [4.69, 9.17) is 5.11 Å². The maximum Gasteiger partial charge on any atom is 0.0431 e. The maximum absolute atomic E-state index is 8.83. The first-order chi connectivity index (χ1) is 7.90. The van der Waals surface area contributed by atoms with Gasteiger partial charge in [-0.25, -0.2) is 0 Å². The summed E-state index contributed by atoms with van der Waals surface area (Å²) in [6.45, 7) is 5.25. The summed E-state index contributed by atoms with van der Waals surface area (Å²) in [5, 5.41) is 12.3. The second-order valence-corrected chi connectivity index (χ2v) is 5.37. The molecule has 0 spiro atoms. The summed E-state index contributed by atoms with van der Waals surface area (Å²) in [5.74, 6) is 0.864. The second-order valence-electron chi connectivity index (χ2n) is 5.37. The van der Waals surface area contributed by atoms with Gasteiger partial charge in [-0.15, -0.1) is 0 Å². The van der Waals surface area contributed by atoms with Crippen LogP contribution in [0.25, 0.3) is 0 Å². The lowest BCUT2D eigenvalue weighted by Crippen LogP contribution is -2.39. The van der Waals surface area contributed by atoms with E-state index in [1.54, 1.807) is 0 Å². The highest BCUT2D eigenvalue weighted by atomic mass is 16.2. The maximum atomic E-state index is 8.83. The molecule has 16 heavy (non-hydrogen) atoms. The Bertz CT molecular complexity index is 188. The SMILES string of the molecule is OCCCCN(CC1CCCNC1)C1CC1. The summed E-state index contributed by atoms with van der Waals surface area (Å²) in [6.07, 6.45) is 7.67. The van der Waals surface area contributed by atoms with Crippen LogP contribution in [0.5, 0.6) is 0 Å². The lowest BCUT2D eigenvalue weighted by molar-refractivity contribution is 0.189. The summed E-state index contributed by atoms with van der Waals surface area (Å²) in [5.41, 5.74) is 0. The van der Waals surface area contributed by atoms with Crippen molar-refractivity contribution in [2.45, 2.75) is 44.6 Å². The molecular weight excluding hydrogens is 200 g/mol. The molecule has 1 unspecified atom stereocenters. The molecule has 2 rings (SSSR count). The van der Waals surface area contributed by atoms with E-state index >= 15 is 0 Å². The van der Waals surface area contributed by atoms with Gasteiger partial charge in [0, 0.05) is 19.2 Å². The number of unbranched alkanes of at least 4 members (excludes halogenated alkanes) is 1. The van der Waals surface area contributed by atoms with Gasteiger partial charge in [-0.05, 0) is 64.1 Å². The highest BCUT2D eigenvalue weighted by molar-refractivity contribution is 4.86. The van der Waals surface area contributed by atoms with E-state index in [0.29, 0.717) is 6.61 Å². The number of rotatable bonds is 7. The third-order valence-electron chi connectivity index (χ3n) is 3.81. The molecule has 2 aliphatic rings. The number of piperidine rings is 1. The standard InChI is InChI=1S/C13H26N2O/c16-9-2-1-8-15(13-5-6-13)11-12-4-3-7-14-10-12/h12-14,16H,1-11H2. The molecule has 1 atom stereocenters. The smallest absolute Gasteiger partial charge is 0.0431 e. The van der Waals surface area contributed by atoms with Crippen LogP contribution < -0.4 is 5.32 Å². The van der Waals surface area contributed by atoms with Crippen molar-refractivity contribution in [2.24, 2.45) is 5.92 Å². The highest BCUT2D eigenvalue weighted by Crippen LogP contribution is 2.28. The number of aliphatic hydroxyl groups excluding tert-OH is 1. The molecule has 0 radical (unpaired) electrons. The zero-order valence-corrected chi connectivity index (χ0v) is 10.3. The van der Waals surface area contributed by atoms with Gasteiger partial charge in [-0.3, -0.25) is 0 Å². The molecule has 3 heteroatoms. The predicted octanol–water partition coefficient (Wildman–Crippen LogP) is 1.22. The van der Waals surface area contributed by atoms with Crippen molar-refractivity contribution in [1.29, 1.82) is 0 Å². The summed E-state index contributed by atoms with van der Waals surface area (Å²) < 4.78 is 0. The first kappa shape index (κ1) is 12.3. The zero-order valence-electron chi connectivity index (χ0n) is 10.3. The van der Waals surface area contributed by atoms with Crippen LogP contribution in [0.4, 0.5) is 0 Å². The first-order valence-corrected chi connectivity index (χ1v) is 6.96. The fraction of sp³-hybridized carbons (Fsp3) is 1.00. The molecular formula is C13H26N2O. The molecule has 2 N–H and O–H groups in total. The molecule has 0 bridgehead atoms. The fourth-order valence-corrected chi connectivity index (χ4v) is 2.70. The topological polar surface area (TPSA) is 35.5 Å². The summed E-state index contributed by atoms with van der Waals surface area (Å²) in [4.78, 5) is 2.67. The summed E-state index contributed by atoms with van der Waals surface area (Å²) >= 11 is 0. The van der Waals surface area contributed by atoms with Crippen molar-refractivity contribution in [2.75, 3.05) is 32.8 Å². The number of aliphatic hydroxyl groups is 1. The largest absolute Gasteiger partial charge is 0.396 e. The molecule has 1 heterocycles. The molecule has 1 saturated carbocycles. The second kappa shape index (κ2) is 6.58. The normalized spacial score (nSPS) is 26.2. The minimum atomic E-state index is 0.351. The van der Waals surface area contributed by atoms with Gasteiger partial charge < -0.3 is 15.3 Å². The third-order valence-corrected chi connectivity index (χ3v) is 3.81. The van der Waals surface area contributed by atoms with Gasteiger partial charge in [0.2, 0.25) is 0 Å². The Morgan fingerprint density at radius 3 is 2.69 bits per heavy atom. The van der Waals surface area contributed by atoms with Crippen LogP contribution in [0.3, 0.4) is 0 Å². The number of hydrogen-bond donors (Lipinski definition) is 2. The average Bonchev–Trinajstić information content (AvgIpc) is 3.13. The van der Waals surface area contributed by atoms with Crippen LogP contribution in [-0.2, 0) is 0 Å². The zero-order chi connectivity index (χ0) is 11.2. The Balaban J connectivity index is 1.68. The van der Waals surface area contributed by atoms with E-state index in [0.717, 1.165) is 24.8 Å². The molecule has 0 aromatic heterocycles. The van der Waals surface area contributed by atoms with Gasteiger partial charge in [-0.2, -0.15) is 0 Å². The van der Waals surface area contributed by atoms with Crippen molar-refractivity contribution in [3.8, 4) is 0 Å². The Kier molecular flexibility index (Phi) is 5.07. The van der Waals surface area contributed by atoms with Crippen LogP contribution in [0, 0.1) is 5.92 Å². The van der Waals surface area contributed by atoms with E-state index in [1.165, 1.54) is 51.9 Å². The lowest BCUT2D eigenvalue weighted by atomic mass is 9.99. The van der Waals surface area contributed by atoms with E-state index in [2.05, 4.69) is 10.2 Å². The first-order valence-electron chi connectivity index (χ1n) is 6.96. The van der Waals surface area contributed by atoms with Crippen molar-refractivity contribution >= 4 is 0 Å². The van der Waals surface area contributed by atoms with Crippen molar-refractivity contribution in [1.82, 2.24) is 10.2 Å². The molecule has 2 fully saturated rings. The van der Waals surface area contributed by atoms with Crippen molar-refractivity contribution in [3.63, 3.8) is 0 Å². The van der Waals surface area contributed by atoms with Crippen LogP contribution in [0.2, 0.25) is 0 Å². The van der Waals surface area contributed by atoms with Gasteiger partial charge in [0.15, 0.2) is 0 Å². The van der Waals surface area contributed by atoms with Crippen LogP contribution >= 0.6 is 0 Å². The Morgan fingerprint density at radius 1 is 1.19 bits per heavy atom. The molecule has 0 aromatic rings. The fourth-order valence-electron chi connectivity index (χ4n) is 2.70. The monoisotopic (exact) mass is 226 g/mol. The van der Waals surface area contributed by atoms with Crippen molar-refractivity contribution < 1.29 is 5.11 Å². The van der Waals surface area contributed by atoms with E-state index in [-0.39, 0.29) is 0 Å². The number of nitrogens with one attached hydrogen (secondary N) is 1.